The second kappa shape index (κ2) is 6.01. The van der Waals surface area contributed by atoms with E-state index in [4.69, 9.17) is 27.6 Å². The Labute approximate surface area is 141 Å². The third-order valence-corrected chi connectivity index (χ3v) is 4.56. The quantitative estimate of drug-likeness (QED) is 0.616. The van der Waals surface area contributed by atoms with Crippen LogP contribution in [0.25, 0.3) is 11.0 Å². The predicted octanol–water partition coefficient (Wildman–Crippen LogP) is 5.81. The molecule has 5 heteroatoms. The molecule has 0 fully saturated rings. The fraction of sp³-hybridized carbons (Fsp3) is 0.125. The second-order valence-electron chi connectivity index (χ2n) is 4.69. The van der Waals surface area contributed by atoms with Gasteiger partial charge in [0.15, 0.2) is 0 Å². The molecule has 3 aromatic rings. The standard InChI is InChI=1S/C16H12BrCl2NO/c1-20-15(11-8-10(18)5-6-13(11)19)14-7-9-3-2-4-12(17)16(9)21-14/h2-8,15,20H,1H3. The molecule has 1 N–H and O–H groups in total. The van der Waals surface area contributed by atoms with Crippen LogP contribution in [-0.4, -0.2) is 7.05 Å². The topological polar surface area (TPSA) is 25.2 Å². The molecule has 108 valence electrons. The normalized spacial score (nSPS) is 12.8. The molecule has 21 heavy (non-hydrogen) atoms. The number of para-hydroxylation sites is 1. The zero-order valence-corrected chi connectivity index (χ0v) is 14.3. The fourth-order valence-electron chi connectivity index (χ4n) is 2.38. The number of fused-ring (bicyclic) bond motifs is 1. The Bertz CT molecular complexity index is 800. The van der Waals surface area contributed by atoms with Crippen molar-refractivity contribution in [2.45, 2.75) is 6.04 Å². The average molecular weight is 385 g/mol. The molecule has 0 radical (unpaired) electrons. The van der Waals surface area contributed by atoms with Gasteiger partial charge in [0, 0.05) is 15.4 Å². The maximum atomic E-state index is 6.30. The molecule has 0 aliphatic rings. The van der Waals surface area contributed by atoms with Crippen molar-refractivity contribution in [2.75, 3.05) is 7.05 Å². The van der Waals surface area contributed by atoms with Gasteiger partial charge in [0.05, 0.1) is 10.5 Å². The first kappa shape index (κ1) is 14.9. The fourth-order valence-corrected chi connectivity index (χ4v) is 3.25. The lowest BCUT2D eigenvalue weighted by molar-refractivity contribution is 0.491. The number of benzene rings is 2. The summed E-state index contributed by atoms with van der Waals surface area (Å²) in [5, 5.41) is 5.57. The van der Waals surface area contributed by atoms with Crippen LogP contribution in [0.1, 0.15) is 17.4 Å². The van der Waals surface area contributed by atoms with Crippen LogP contribution in [0.4, 0.5) is 0 Å². The minimum absolute atomic E-state index is 0.157. The highest BCUT2D eigenvalue weighted by atomic mass is 79.9. The van der Waals surface area contributed by atoms with Crippen LogP contribution in [0.3, 0.4) is 0 Å². The van der Waals surface area contributed by atoms with E-state index in [-0.39, 0.29) is 6.04 Å². The lowest BCUT2D eigenvalue weighted by Gasteiger charge is -2.16. The highest BCUT2D eigenvalue weighted by Gasteiger charge is 2.20. The Morgan fingerprint density at radius 2 is 1.95 bits per heavy atom. The Morgan fingerprint density at radius 1 is 1.14 bits per heavy atom. The van der Waals surface area contributed by atoms with Crippen molar-refractivity contribution in [3.63, 3.8) is 0 Å². The van der Waals surface area contributed by atoms with Crippen molar-refractivity contribution in [3.05, 3.63) is 68.3 Å². The molecule has 0 amide bonds. The lowest BCUT2D eigenvalue weighted by Crippen LogP contribution is -2.17. The van der Waals surface area contributed by atoms with E-state index >= 15 is 0 Å². The van der Waals surface area contributed by atoms with Gasteiger partial charge in [-0.05, 0) is 58.9 Å². The number of halogens is 3. The molecule has 1 atom stereocenters. The van der Waals surface area contributed by atoms with Crippen LogP contribution in [0.15, 0.2) is 51.4 Å². The summed E-state index contributed by atoms with van der Waals surface area (Å²) in [5.41, 5.74) is 1.72. The number of furan rings is 1. The molecule has 0 bridgehead atoms. The molecule has 1 aromatic heterocycles. The first-order chi connectivity index (χ1) is 10.1. The molecule has 0 aliphatic carbocycles. The Hall–Kier alpha value is -1.000. The molecule has 2 aromatic carbocycles. The summed E-state index contributed by atoms with van der Waals surface area (Å²) in [5.74, 6) is 0.795. The van der Waals surface area contributed by atoms with Gasteiger partial charge >= 0.3 is 0 Å². The molecule has 0 aliphatic heterocycles. The maximum absolute atomic E-state index is 6.30. The predicted molar refractivity (Wildman–Crippen MR) is 91.3 cm³/mol. The number of rotatable bonds is 3. The number of hydrogen-bond acceptors (Lipinski definition) is 2. The zero-order chi connectivity index (χ0) is 15.0. The molecular weight excluding hydrogens is 373 g/mol. The SMILES string of the molecule is CNC(c1cc2cccc(Br)c2o1)c1cc(Cl)ccc1Cl. The van der Waals surface area contributed by atoms with Gasteiger partial charge in [0.2, 0.25) is 0 Å². The van der Waals surface area contributed by atoms with Gasteiger partial charge in [0.1, 0.15) is 11.3 Å². The molecule has 1 unspecified atom stereocenters. The molecule has 3 rings (SSSR count). The minimum atomic E-state index is -0.157. The van der Waals surface area contributed by atoms with Gasteiger partial charge in [-0.15, -0.1) is 0 Å². The second-order valence-corrected chi connectivity index (χ2v) is 6.39. The zero-order valence-electron chi connectivity index (χ0n) is 11.2. The average Bonchev–Trinajstić information content (AvgIpc) is 2.89. The van der Waals surface area contributed by atoms with E-state index in [1.54, 1.807) is 12.1 Å². The van der Waals surface area contributed by atoms with E-state index in [9.17, 15) is 0 Å². The first-order valence-corrected chi connectivity index (χ1v) is 7.95. The van der Waals surface area contributed by atoms with Gasteiger partial charge in [0.25, 0.3) is 0 Å². The van der Waals surface area contributed by atoms with Crippen molar-refractivity contribution >= 4 is 50.1 Å². The maximum Gasteiger partial charge on any atom is 0.148 e. The van der Waals surface area contributed by atoms with Crippen LogP contribution in [-0.2, 0) is 0 Å². The van der Waals surface area contributed by atoms with E-state index in [0.29, 0.717) is 10.0 Å². The van der Waals surface area contributed by atoms with E-state index in [0.717, 1.165) is 26.8 Å². The summed E-state index contributed by atoms with van der Waals surface area (Å²) in [6.07, 6.45) is 0. The molecule has 0 saturated carbocycles. The number of nitrogens with one attached hydrogen (secondary N) is 1. The molecule has 0 saturated heterocycles. The summed E-state index contributed by atoms with van der Waals surface area (Å²) in [6, 6.07) is 13.2. The summed E-state index contributed by atoms with van der Waals surface area (Å²) in [4.78, 5) is 0. The van der Waals surface area contributed by atoms with E-state index < -0.39 is 0 Å². The summed E-state index contributed by atoms with van der Waals surface area (Å²) >= 11 is 15.9. The summed E-state index contributed by atoms with van der Waals surface area (Å²) in [7, 11) is 1.87. The van der Waals surface area contributed by atoms with E-state index in [1.807, 2.05) is 37.4 Å². The number of hydrogen-bond donors (Lipinski definition) is 1. The van der Waals surface area contributed by atoms with E-state index in [2.05, 4.69) is 21.2 Å². The highest BCUT2D eigenvalue weighted by molar-refractivity contribution is 9.10. The Balaban J connectivity index is 2.13. The van der Waals surface area contributed by atoms with Gasteiger partial charge in [-0.3, -0.25) is 0 Å². The van der Waals surface area contributed by atoms with Crippen LogP contribution >= 0.6 is 39.1 Å². The van der Waals surface area contributed by atoms with Crippen LogP contribution < -0.4 is 5.32 Å². The Kier molecular flexibility index (Phi) is 4.27. The lowest BCUT2D eigenvalue weighted by atomic mass is 10.0. The molecule has 0 spiro atoms. The van der Waals surface area contributed by atoms with Crippen molar-refractivity contribution in [2.24, 2.45) is 0 Å². The molecule has 2 nitrogen and oxygen atoms in total. The van der Waals surface area contributed by atoms with Gasteiger partial charge in [-0.1, -0.05) is 35.3 Å². The third-order valence-electron chi connectivity index (χ3n) is 3.36. The van der Waals surface area contributed by atoms with Gasteiger partial charge in [-0.25, -0.2) is 0 Å². The Morgan fingerprint density at radius 3 is 2.67 bits per heavy atom. The third kappa shape index (κ3) is 2.84. The van der Waals surface area contributed by atoms with Crippen LogP contribution in [0, 0.1) is 0 Å². The minimum Gasteiger partial charge on any atom is -0.458 e. The van der Waals surface area contributed by atoms with Crippen LogP contribution in [0.5, 0.6) is 0 Å². The summed E-state index contributed by atoms with van der Waals surface area (Å²) in [6.45, 7) is 0. The first-order valence-electron chi connectivity index (χ1n) is 6.40. The van der Waals surface area contributed by atoms with Crippen molar-refractivity contribution in [1.82, 2.24) is 5.32 Å². The molecule has 1 heterocycles. The largest absolute Gasteiger partial charge is 0.458 e. The van der Waals surface area contributed by atoms with Crippen molar-refractivity contribution in [3.8, 4) is 0 Å². The van der Waals surface area contributed by atoms with Gasteiger partial charge in [-0.2, -0.15) is 0 Å². The van der Waals surface area contributed by atoms with Crippen LogP contribution in [0.2, 0.25) is 10.0 Å². The summed E-state index contributed by atoms with van der Waals surface area (Å²) < 4.78 is 6.92. The highest BCUT2D eigenvalue weighted by Crippen LogP contribution is 2.35. The van der Waals surface area contributed by atoms with Crippen molar-refractivity contribution < 1.29 is 4.42 Å². The van der Waals surface area contributed by atoms with Gasteiger partial charge < -0.3 is 9.73 Å². The molecular formula is C16H12BrCl2NO. The van der Waals surface area contributed by atoms with E-state index in [1.165, 1.54) is 0 Å². The smallest absolute Gasteiger partial charge is 0.148 e. The van der Waals surface area contributed by atoms with Crippen molar-refractivity contribution in [1.29, 1.82) is 0 Å². The monoisotopic (exact) mass is 383 g/mol.